The summed E-state index contributed by atoms with van der Waals surface area (Å²) >= 11 is 0. The monoisotopic (exact) mass is 411 g/mol. The number of likely N-dealkylation sites (tertiary alicyclic amines) is 2. The SMILES string of the molecule is Cn1cccc1-c1cc(C(=O)N2CCC3(CC2)CC(CN2CCCC2)OC3=O)[nH]n1. The van der Waals surface area contributed by atoms with Crippen LogP contribution in [0, 0.1) is 5.41 Å². The molecule has 1 spiro atoms. The lowest BCUT2D eigenvalue weighted by Crippen LogP contribution is -2.45. The lowest BCUT2D eigenvalue weighted by atomic mass is 9.76. The van der Waals surface area contributed by atoms with Crippen LogP contribution in [0.2, 0.25) is 0 Å². The van der Waals surface area contributed by atoms with E-state index in [1.165, 1.54) is 12.8 Å². The minimum Gasteiger partial charge on any atom is -0.461 e. The van der Waals surface area contributed by atoms with Crippen LogP contribution >= 0.6 is 0 Å². The molecule has 2 aromatic rings. The first-order valence-corrected chi connectivity index (χ1v) is 10.9. The van der Waals surface area contributed by atoms with Gasteiger partial charge in [0.15, 0.2) is 0 Å². The van der Waals surface area contributed by atoms with Crippen LogP contribution in [0.4, 0.5) is 0 Å². The molecule has 0 saturated carbocycles. The summed E-state index contributed by atoms with van der Waals surface area (Å²) in [6.07, 6.45) is 6.56. The summed E-state index contributed by atoms with van der Waals surface area (Å²) in [5.41, 5.74) is 1.79. The average molecular weight is 412 g/mol. The van der Waals surface area contributed by atoms with Gasteiger partial charge in [-0.25, -0.2) is 0 Å². The molecule has 8 nitrogen and oxygen atoms in total. The number of piperidine rings is 1. The number of amides is 1. The van der Waals surface area contributed by atoms with Crippen LogP contribution in [0.1, 0.15) is 42.6 Å². The van der Waals surface area contributed by atoms with E-state index in [1.807, 2.05) is 34.8 Å². The zero-order chi connectivity index (χ0) is 20.7. The topological polar surface area (TPSA) is 83.5 Å². The van der Waals surface area contributed by atoms with E-state index < -0.39 is 5.41 Å². The Morgan fingerprint density at radius 1 is 1.27 bits per heavy atom. The minimum absolute atomic E-state index is 0.00157. The molecule has 3 aliphatic rings. The smallest absolute Gasteiger partial charge is 0.312 e. The second-order valence-corrected chi connectivity index (χ2v) is 8.98. The fourth-order valence-electron chi connectivity index (χ4n) is 5.20. The van der Waals surface area contributed by atoms with Crippen LogP contribution in [-0.2, 0) is 16.6 Å². The van der Waals surface area contributed by atoms with Gasteiger partial charge in [-0.05, 0) is 57.0 Å². The highest BCUT2D eigenvalue weighted by atomic mass is 16.6. The fourth-order valence-corrected chi connectivity index (χ4v) is 5.20. The van der Waals surface area contributed by atoms with E-state index in [2.05, 4.69) is 15.1 Å². The van der Waals surface area contributed by atoms with Gasteiger partial charge in [0.25, 0.3) is 5.91 Å². The van der Waals surface area contributed by atoms with Crippen molar-refractivity contribution in [2.75, 3.05) is 32.7 Å². The second kappa shape index (κ2) is 7.58. The Morgan fingerprint density at radius 3 is 2.73 bits per heavy atom. The first kappa shape index (κ1) is 19.4. The number of H-pyrrole nitrogens is 1. The molecule has 1 atom stereocenters. The largest absolute Gasteiger partial charge is 0.461 e. The molecule has 0 aromatic carbocycles. The number of aromatic amines is 1. The third kappa shape index (κ3) is 3.43. The number of cyclic esters (lactones) is 1. The number of aryl methyl sites for hydroxylation is 1. The number of ether oxygens (including phenoxy) is 1. The molecule has 1 amide bonds. The first-order chi connectivity index (χ1) is 14.5. The van der Waals surface area contributed by atoms with E-state index in [9.17, 15) is 9.59 Å². The number of carbonyl (C=O) groups is 2. The third-order valence-corrected chi connectivity index (χ3v) is 7.01. The summed E-state index contributed by atoms with van der Waals surface area (Å²) in [6, 6.07) is 5.73. The van der Waals surface area contributed by atoms with Gasteiger partial charge in [-0.15, -0.1) is 0 Å². The zero-order valence-electron chi connectivity index (χ0n) is 17.5. The molecule has 3 aliphatic heterocycles. The van der Waals surface area contributed by atoms with Crippen LogP contribution < -0.4 is 0 Å². The van der Waals surface area contributed by atoms with Gasteiger partial charge in [0.2, 0.25) is 0 Å². The van der Waals surface area contributed by atoms with Crippen molar-refractivity contribution in [3.8, 4) is 11.4 Å². The Labute approximate surface area is 176 Å². The molecular weight excluding hydrogens is 382 g/mol. The normalized spacial score (nSPS) is 24.0. The van der Waals surface area contributed by atoms with E-state index in [0.29, 0.717) is 31.6 Å². The van der Waals surface area contributed by atoms with Gasteiger partial charge < -0.3 is 14.2 Å². The van der Waals surface area contributed by atoms with E-state index >= 15 is 0 Å². The number of hydrogen-bond donors (Lipinski definition) is 1. The fraction of sp³-hybridized carbons (Fsp3) is 0.591. The van der Waals surface area contributed by atoms with Gasteiger partial charge >= 0.3 is 5.97 Å². The number of nitrogens with zero attached hydrogens (tertiary/aromatic N) is 4. The highest BCUT2D eigenvalue weighted by Crippen LogP contribution is 2.43. The summed E-state index contributed by atoms with van der Waals surface area (Å²) in [5.74, 6) is -0.121. The van der Waals surface area contributed by atoms with Crippen molar-refractivity contribution in [3.63, 3.8) is 0 Å². The number of carbonyl (C=O) groups excluding carboxylic acids is 2. The number of aromatic nitrogens is 3. The van der Waals surface area contributed by atoms with Crippen LogP contribution in [0.25, 0.3) is 11.4 Å². The van der Waals surface area contributed by atoms with Crippen LogP contribution in [0.15, 0.2) is 24.4 Å². The zero-order valence-corrected chi connectivity index (χ0v) is 17.5. The summed E-state index contributed by atoms with van der Waals surface area (Å²) in [7, 11) is 1.95. The van der Waals surface area contributed by atoms with E-state index in [0.717, 1.165) is 37.4 Å². The summed E-state index contributed by atoms with van der Waals surface area (Å²) in [5, 5.41) is 7.19. The van der Waals surface area contributed by atoms with Crippen LogP contribution in [0.5, 0.6) is 0 Å². The Balaban J connectivity index is 1.20. The van der Waals surface area contributed by atoms with E-state index in [4.69, 9.17) is 4.74 Å². The predicted octanol–water partition coefficient (Wildman–Crippen LogP) is 2.05. The summed E-state index contributed by atoms with van der Waals surface area (Å²) in [4.78, 5) is 29.9. The van der Waals surface area contributed by atoms with Crippen molar-refractivity contribution in [2.45, 2.75) is 38.2 Å². The quantitative estimate of drug-likeness (QED) is 0.779. The van der Waals surface area contributed by atoms with Crippen molar-refractivity contribution in [3.05, 3.63) is 30.1 Å². The van der Waals surface area contributed by atoms with Crippen molar-refractivity contribution in [2.24, 2.45) is 12.5 Å². The standard InChI is InChI=1S/C22H29N5O3/c1-25-8-4-5-19(25)17-13-18(24-23-17)20(28)27-11-6-22(7-12-27)14-16(30-21(22)29)15-26-9-2-3-10-26/h4-5,8,13,16H,2-3,6-7,9-12,14-15H2,1H3,(H,23,24). The molecule has 0 bridgehead atoms. The van der Waals surface area contributed by atoms with Crippen LogP contribution in [-0.4, -0.2) is 75.3 Å². The number of rotatable bonds is 4. The van der Waals surface area contributed by atoms with Gasteiger partial charge in [0.1, 0.15) is 17.5 Å². The average Bonchev–Trinajstić information content (AvgIpc) is 3.52. The minimum atomic E-state index is -0.413. The third-order valence-electron chi connectivity index (χ3n) is 7.01. The molecule has 5 rings (SSSR count). The lowest BCUT2D eigenvalue weighted by molar-refractivity contribution is -0.150. The van der Waals surface area contributed by atoms with Gasteiger partial charge in [-0.2, -0.15) is 5.10 Å². The van der Waals surface area contributed by atoms with Gasteiger partial charge in [0.05, 0.1) is 11.1 Å². The molecule has 2 aromatic heterocycles. The van der Waals surface area contributed by atoms with Gasteiger partial charge in [-0.3, -0.25) is 19.6 Å². The molecule has 3 fully saturated rings. The molecule has 3 saturated heterocycles. The molecule has 1 N–H and O–H groups in total. The predicted molar refractivity (Wildman–Crippen MR) is 111 cm³/mol. The molecule has 0 aliphatic carbocycles. The maximum Gasteiger partial charge on any atom is 0.312 e. The molecule has 160 valence electrons. The van der Waals surface area contributed by atoms with E-state index in [-0.39, 0.29) is 18.0 Å². The summed E-state index contributed by atoms with van der Waals surface area (Å²) < 4.78 is 7.72. The second-order valence-electron chi connectivity index (χ2n) is 8.98. The van der Waals surface area contributed by atoms with Crippen LogP contribution in [0.3, 0.4) is 0 Å². The maximum absolute atomic E-state index is 13.0. The lowest BCUT2D eigenvalue weighted by Gasteiger charge is -2.36. The Morgan fingerprint density at radius 2 is 2.03 bits per heavy atom. The molecular formula is C22H29N5O3. The van der Waals surface area contributed by atoms with E-state index in [1.54, 1.807) is 6.07 Å². The Kier molecular flexibility index (Phi) is 4.89. The Bertz CT molecular complexity index is 934. The Hall–Kier alpha value is -2.61. The molecule has 0 radical (unpaired) electrons. The number of esters is 1. The van der Waals surface area contributed by atoms with Crippen molar-refractivity contribution >= 4 is 11.9 Å². The van der Waals surface area contributed by atoms with Gasteiger partial charge in [-0.1, -0.05) is 0 Å². The van der Waals surface area contributed by atoms with Crippen molar-refractivity contribution in [1.82, 2.24) is 24.6 Å². The number of hydrogen-bond acceptors (Lipinski definition) is 5. The first-order valence-electron chi connectivity index (χ1n) is 10.9. The van der Waals surface area contributed by atoms with Crippen molar-refractivity contribution in [1.29, 1.82) is 0 Å². The molecule has 5 heterocycles. The number of nitrogens with one attached hydrogen (secondary N) is 1. The molecule has 8 heteroatoms. The highest BCUT2D eigenvalue weighted by Gasteiger charge is 2.51. The molecule has 1 unspecified atom stereocenters. The van der Waals surface area contributed by atoms with Crippen molar-refractivity contribution < 1.29 is 14.3 Å². The highest BCUT2D eigenvalue weighted by molar-refractivity contribution is 5.93. The molecule has 30 heavy (non-hydrogen) atoms. The van der Waals surface area contributed by atoms with Gasteiger partial charge in [0, 0.05) is 39.3 Å². The maximum atomic E-state index is 13.0. The summed E-state index contributed by atoms with van der Waals surface area (Å²) in [6.45, 7) is 4.22.